The first-order chi connectivity index (χ1) is 11.4. The summed E-state index contributed by atoms with van der Waals surface area (Å²) in [7, 11) is 0. The molecular formula is C16H11F3N2O3. The maximum Gasteiger partial charge on any atom is 0.573 e. The third-order valence-electron chi connectivity index (χ3n) is 3.18. The third kappa shape index (κ3) is 3.65. The topological polar surface area (TPSA) is 59.9 Å². The summed E-state index contributed by atoms with van der Waals surface area (Å²) >= 11 is 0. The Bertz CT molecular complexity index is 786. The molecule has 24 heavy (non-hydrogen) atoms. The van der Waals surface area contributed by atoms with Crippen molar-refractivity contribution in [2.45, 2.75) is 6.36 Å². The number of benzene rings is 2. The predicted octanol–water partition coefficient (Wildman–Crippen LogP) is 3.06. The average molecular weight is 336 g/mol. The Morgan fingerprint density at radius 1 is 1.04 bits per heavy atom. The van der Waals surface area contributed by atoms with Crippen LogP contribution in [0.4, 0.5) is 13.2 Å². The van der Waals surface area contributed by atoms with Crippen LogP contribution >= 0.6 is 0 Å². The summed E-state index contributed by atoms with van der Waals surface area (Å²) in [6.45, 7) is -0.136. The second-order valence-corrected chi connectivity index (χ2v) is 4.86. The maximum absolute atomic E-state index is 12.5. The lowest BCUT2D eigenvalue weighted by atomic mass is 10.0. The molecule has 0 atom stereocenters. The smallest absolute Gasteiger partial charge is 0.466 e. The fourth-order valence-corrected chi connectivity index (χ4v) is 2.17. The summed E-state index contributed by atoms with van der Waals surface area (Å²) in [6, 6.07) is 12.4. The molecule has 0 aliphatic carbocycles. The van der Waals surface area contributed by atoms with Crippen LogP contribution in [0.15, 0.2) is 53.6 Å². The Morgan fingerprint density at radius 3 is 2.33 bits per heavy atom. The van der Waals surface area contributed by atoms with Crippen molar-refractivity contribution in [3.05, 3.63) is 54.1 Å². The summed E-state index contributed by atoms with van der Waals surface area (Å²) in [5.74, 6) is -0.397. The number of hydrazone groups is 1. The van der Waals surface area contributed by atoms with Crippen LogP contribution in [0, 0.1) is 0 Å². The second-order valence-electron chi connectivity index (χ2n) is 4.86. The molecule has 2 aromatic carbocycles. The van der Waals surface area contributed by atoms with Gasteiger partial charge in [0.05, 0.1) is 0 Å². The number of hydrogen-bond acceptors (Lipinski definition) is 4. The van der Waals surface area contributed by atoms with Gasteiger partial charge in [-0.15, -0.1) is 18.3 Å². The van der Waals surface area contributed by atoms with Crippen molar-refractivity contribution in [1.29, 1.82) is 0 Å². The van der Waals surface area contributed by atoms with Crippen LogP contribution in [0.2, 0.25) is 0 Å². The molecule has 0 unspecified atom stereocenters. The van der Waals surface area contributed by atoms with E-state index >= 15 is 0 Å². The molecule has 0 radical (unpaired) electrons. The summed E-state index contributed by atoms with van der Waals surface area (Å²) < 4.78 is 46.7. The molecule has 2 aromatic rings. The molecule has 5 nitrogen and oxygen atoms in total. The number of para-hydroxylation sites is 1. The fraction of sp³-hybridized carbons (Fsp3) is 0.125. The van der Waals surface area contributed by atoms with E-state index in [-0.39, 0.29) is 24.2 Å². The van der Waals surface area contributed by atoms with Crippen molar-refractivity contribution >= 4 is 11.8 Å². The number of carbonyl (C=O) groups is 1. The summed E-state index contributed by atoms with van der Waals surface area (Å²) in [6.07, 6.45) is -4.76. The highest BCUT2D eigenvalue weighted by Crippen LogP contribution is 2.33. The van der Waals surface area contributed by atoms with Gasteiger partial charge in [-0.2, -0.15) is 0 Å². The third-order valence-corrected chi connectivity index (χ3v) is 3.18. The Hall–Kier alpha value is -3.03. The monoisotopic (exact) mass is 336 g/mol. The molecule has 8 heteroatoms. The molecule has 0 spiro atoms. The van der Waals surface area contributed by atoms with Gasteiger partial charge < -0.3 is 9.47 Å². The number of halogens is 3. The molecule has 124 valence electrons. The van der Waals surface area contributed by atoms with Crippen LogP contribution in [0.1, 0.15) is 5.56 Å². The van der Waals surface area contributed by atoms with E-state index in [0.717, 1.165) is 0 Å². The van der Waals surface area contributed by atoms with Gasteiger partial charge >= 0.3 is 6.36 Å². The minimum atomic E-state index is -4.76. The molecule has 1 N–H and O–H groups in total. The SMILES string of the molecule is O=C1COC(c2ccc(-c3ccccc3OC(F)(F)F)cc2)=NN1. The van der Waals surface area contributed by atoms with Crippen LogP contribution in [0.5, 0.6) is 5.75 Å². The fourth-order valence-electron chi connectivity index (χ4n) is 2.17. The lowest BCUT2D eigenvalue weighted by Gasteiger charge is -2.15. The van der Waals surface area contributed by atoms with Crippen LogP contribution in [-0.2, 0) is 9.53 Å². The summed E-state index contributed by atoms with van der Waals surface area (Å²) in [5, 5.41) is 3.77. The van der Waals surface area contributed by atoms with Gasteiger partial charge in [0.15, 0.2) is 6.61 Å². The van der Waals surface area contributed by atoms with Crippen LogP contribution in [-0.4, -0.2) is 24.8 Å². The van der Waals surface area contributed by atoms with E-state index in [1.54, 1.807) is 30.3 Å². The Balaban J connectivity index is 1.88. The highest BCUT2D eigenvalue weighted by molar-refractivity contribution is 5.98. The zero-order chi connectivity index (χ0) is 17.2. The van der Waals surface area contributed by atoms with Crippen molar-refractivity contribution in [3.8, 4) is 16.9 Å². The molecule has 1 amide bonds. The molecule has 0 fully saturated rings. The predicted molar refractivity (Wildman–Crippen MR) is 79.2 cm³/mol. The van der Waals surface area contributed by atoms with Gasteiger partial charge in [-0.05, 0) is 23.8 Å². The molecule has 3 rings (SSSR count). The molecule has 0 saturated carbocycles. The van der Waals surface area contributed by atoms with Gasteiger partial charge in [0.25, 0.3) is 5.91 Å². The maximum atomic E-state index is 12.5. The van der Waals surface area contributed by atoms with Crippen molar-refractivity contribution in [2.24, 2.45) is 5.10 Å². The number of hydrogen-bond donors (Lipinski definition) is 1. The number of nitrogens with one attached hydrogen (secondary N) is 1. The number of alkyl halides is 3. The first-order valence-corrected chi connectivity index (χ1v) is 6.87. The molecular weight excluding hydrogens is 325 g/mol. The Kier molecular flexibility index (Phi) is 4.11. The zero-order valence-corrected chi connectivity index (χ0v) is 12.1. The van der Waals surface area contributed by atoms with E-state index in [4.69, 9.17) is 4.74 Å². The Morgan fingerprint density at radius 2 is 1.71 bits per heavy atom. The lowest BCUT2D eigenvalue weighted by molar-refractivity contribution is -0.274. The van der Waals surface area contributed by atoms with E-state index < -0.39 is 6.36 Å². The number of nitrogens with zero attached hydrogens (tertiary/aromatic N) is 1. The Labute approximate surface area is 134 Å². The van der Waals surface area contributed by atoms with Gasteiger partial charge in [-0.3, -0.25) is 4.79 Å². The van der Waals surface area contributed by atoms with Crippen LogP contribution in [0.25, 0.3) is 11.1 Å². The van der Waals surface area contributed by atoms with Gasteiger partial charge in [0.1, 0.15) is 5.75 Å². The minimum absolute atomic E-state index is 0.136. The highest BCUT2D eigenvalue weighted by Gasteiger charge is 2.32. The van der Waals surface area contributed by atoms with Gasteiger partial charge in [0.2, 0.25) is 5.90 Å². The van der Waals surface area contributed by atoms with E-state index in [2.05, 4.69) is 15.3 Å². The molecule has 1 heterocycles. The molecule has 0 saturated heterocycles. The zero-order valence-electron chi connectivity index (χ0n) is 12.1. The van der Waals surface area contributed by atoms with Crippen molar-refractivity contribution in [3.63, 3.8) is 0 Å². The number of amides is 1. The molecule has 0 aromatic heterocycles. The first-order valence-electron chi connectivity index (χ1n) is 6.87. The van der Waals surface area contributed by atoms with Gasteiger partial charge in [0, 0.05) is 11.1 Å². The minimum Gasteiger partial charge on any atom is -0.466 e. The van der Waals surface area contributed by atoms with E-state index in [0.29, 0.717) is 16.7 Å². The average Bonchev–Trinajstić information content (AvgIpc) is 2.55. The normalized spacial score (nSPS) is 14.5. The number of carbonyl (C=O) groups excluding carboxylic acids is 1. The molecule has 1 aliphatic heterocycles. The van der Waals surface area contributed by atoms with Crippen molar-refractivity contribution in [2.75, 3.05) is 6.61 Å². The van der Waals surface area contributed by atoms with Gasteiger partial charge in [-0.25, -0.2) is 5.43 Å². The largest absolute Gasteiger partial charge is 0.573 e. The highest BCUT2D eigenvalue weighted by atomic mass is 19.4. The van der Waals surface area contributed by atoms with Gasteiger partial charge in [-0.1, -0.05) is 30.3 Å². The lowest BCUT2D eigenvalue weighted by Crippen LogP contribution is -2.32. The second kappa shape index (κ2) is 6.23. The summed E-state index contributed by atoms with van der Waals surface area (Å²) in [5.41, 5.74) is 3.73. The quantitative estimate of drug-likeness (QED) is 0.937. The first kappa shape index (κ1) is 15.9. The summed E-state index contributed by atoms with van der Waals surface area (Å²) in [4.78, 5) is 11.0. The number of rotatable bonds is 3. The van der Waals surface area contributed by atoms with Crippen molar-refractivity contribution < 1.29 is 27.4 Å². The number of ether oxygens (including phenoxy) is 2. The van der Waals surface area contributed by atoms with E-state index in [1.165, 1.54) is 18.2 Å². The van der Waals surface area contributed by atoms with Crippen molar-refractivity contribution in [1.82, 2.24) is 5.43 Å². The van der Waals surface area contributed by atoms with Crippen LogP contribution < -0.4 is 10.2 Å². The van der Waals surface area contributed by atoms with E-state index in [1.807, 2.05) is 0 Å². The molecule has 1 aliphatic rings. The standard InChI is InChI=1S/C16H11F3N2O3/c17-16(18,19)24-13-4-2-1-3-12(13)10-5-7-11(8-6-10)15-21-20-14(22)9-23-15/h1-8H,9H2,(H,20,22). The van der Waals surface area contributed by atoms with Crippen LogP contribution in [0.3, 0.4) is 0 Å². The molecule has 0 bridgehead atoms. The van der Waals surface area contributed by atoms with E-state index in [9.17, 15) is 18.0 Å².